The molecule has 2 aromatic carbocycles. The summed E-state index contributed by atoms with van der Waals surface area (Å²) < 4.78 is 16.0. The minimum atomic E-state index is -0.525. The van der Waals surface area contributed by atoms with Gasteiger partial charge in [0.25, 0.3) is 5.91 Å². The van der Waals surface area contributed by atoms with Gasteiger partial charge in [-0.05, 0) is 42.3 Å². The number of aromatic nitrogens is 1. The molecule has 136 valence electrons. The Bertz CT molecular complexity index is 991. The Hall–Kier alpha value is -2.33. The number of nitrogens with zero attached hydrogens (tertiary/aromatic N) is 1. The van der Waals surface area contributed by atoms with E-state index in [0.717, 1.165) is 16.5 Å². The summed E-state index contributed by atoms with van der Waals surface area (Å²) in [5.41, 5.74) is 2.48. The van der Waals surface area contributed by atoms with Crippen LogP contribution in [0.5, 0.6) is 0 Å². The number of amides is 1. The van der Waals surface area contributed by atoms with E-state index in [9.17, 15) is 9.18 Å². The van der Waals surface area contributed by atoms with E-state index in [0.29, 0.717) is 22.8 Å². The van der Waals surface area contributed by atoms with Crippen LogP contribution in [0.25, 0.3) is 10.9 Å². The van der Waals surface area contributed by atoms with E-state index in [1.165, 1.54) is 6.07 Å². The number of carbonyl (C=O) groups excluding carboxylic acids is 1. The highest BCUT2D eigenvalue weighted by atomic mass is 35.5. The smallest absolute Gasteiger partial charge is 0.268 e. The van der Waals surface area contributed by atoms with Crippen LogP contribution < -0.4 is 5.32 Å². The van der Waals surface area contributed by atoms with Gasteiger partial charge < -0.3 is 9.88 Å². The van der Waals surface area contributed by atoms with E-state index in [2.05, 4.69) is 5.32 Å². The fraction of sp³-hybridized carbons (Fsp3) is 0.286. The molecule has 0 saturated heterocycles. The summed E-state index contributed by atoms with van der Waals surface area (Å²) in [6.07, 6.45) is 0. The molecular formula is C21H22ClFN2O. The van der Waals surface area contributed by atoms with Crippen LogP contribution in [0.3, 0.4) is 0 Å². The van der Waals surface area contributed by atoms with Crippen molar-refractivity contribution in [3.8, 4) is 0 Å². The maximum Gasteiger partial charge on any atom is 0.268 e. The number of rotatable bonds is 4. The summed E-state index contributed by atoms with van der Waals surface area (Å²) in [6, 6.07) is 12.3. The van der Waals surface area contributed by atoms with Crippen LogP contribution in [0.1, 0.15) is 35.5 Å². The fourth-order valence-electron chi connectivity index (χ4n) is 3.41. The maximum absolute atomic E-state index is 14.1. The zero-order valence-corrected chi connectivity index (χ0v) is 16.1. The van der Waals surface area contributed by atoms with Crippen LogP contribution in [-0.2, 0) is 12.5 Å². The number of hydrogen-bond acceptors (Lipinski definition) is 1. The molecule has 1 amide bonds. The van der Waals surface area contributed by atoms with Gasteiger partial charge in [-0.1, -0.05) is 43.6 Å². The van der Waals surface area contributed by atoms with Crippen molar-refractivity contribution in [2.45, 2.75) is 26.2 Å². The molecule has 1 aromatic heterocycles. The first-order valence-electron chi connectivity index (χ1n) is 8.50. The van der Waals surface area contributed by atoms with Crippen LogP contribution in [-0.4, -0.2) is 17.0 Å². The molecule has 0 unspecified atom stereocenters. The third-order valence-corrected chi connectivity index (χ3v) is 5.16. The zero-order chi connectivity index (χ0) is 19.1. The van der Waals surface area contributed by atoms with Crippen molar-refractivity contribution in [3.63, 3.8) is 0 Å². The molecule has 0 spiro atoms. The first kappa shape index (κ1) is 18.5. The summed E-state index contributed by atoms with van der Waals surface area (Å²) in [5.74, 6) is -0.441. The first-order chi connectivity index (χ1) is 12.2. The molecule has 3 rings (SSSR count). The monoisotopic (exact) mass is 372 g/mol. The van der Waals surface area contributed by atoms with Crippen molar-refractivity contribution < 1.29 is 9.18 Å². The fourth-order valence-corrected chi connectivity index (χ4v) is 3.59. The SMILES string of the molecule is Cc1c(C(=O)NCC(C)(C)c2ccccc2F)n(C)c2ccc(Cl)cc12. The molecule has 3 aromatic rings. The lowest BCUT2D eigenvalue weighted by Crippen LogP contribution is -2.38. The molecule has 0 atom stereocenters. The summed E-state index contributed by atoms with van der Waals surface area (Å²) in [4.78, 5) is 12.8. The Morgan fingerprint density at radius 1 is 1.23 bits per heavy atom. The van der Waals surface area contributed by atoms with Crippen molar-refractivity contribution in [3.05, 3.63) is 70.1 Å². The number of hydrogen-bond donors (Lipinski definition) is 1. The van der Waals surface area contributed by atoms with E-state index < -0.39 is 5.41 Å². The molecule has 0 aliphatic rings. The van der Waals surface area contributed by atoms with E-state index in [4.69, 9.17) is 11.6 Å². The lowest BCUT2D eigenvalue weighted by molar-refractivity contribution is 0.0937. The molecule has 0 bridgehead atoms. The van der Waals surface area contributed by atoms with Gasteiger partial charge in [0.1, 0.15) is 11.5 Å². The molecule has 0 aliphatic carbocycles. The second-order valence-corrected chi connectivity index (χ2v) is 7.68. The van der Waals surface area contributed by atoms with E-state index in [1.54, 1.807) is 18.2 Å². The van der Waals surface area contributed by atoms with Gasteiger partial charge in [0.05, 0.1) is 0 Å². The highest BCUT2D eigenvalue weighted by Gasteiger charge is 2.26. The summed E-state index contributed by atoms with van der Waals surface area (Å²) in [5, 5.41) is 4.56. The second-order valence-electron chi connectivity index (χ2n) is 7.24. The Balaban J connectivity index is 1.87. The summed E-state index contributed by atoms with van der Waals surface area (Å²) in [7, 11) is 1.86. The Kier molecular flexibility index (Phi) is 4.80. The van der Waals surface area contributed by atoms with Crippen molar-refractivity contribution in [2.75, 3.05) is 6.54 Å². The molecule has 26 heavy (non-hydrogen) atoms. The second kappa shape index (κ2) is 6.76. The van der Waals surface area contributed by atoms with Crippen LogP contribution >= 0.6 is 11.6 Å². The number of halogens is 2. The Morgan fingerprint density at radius 3 is 2.62 bits per heavy atom. The average Bonchev–Trinajstić information content (AvgIpc) is 2.83. The highest BCUT2D eigenvalue weighted by molar-refractivity contribution is 6.31. The minimum Gasteiger partial charge on any atom is -0.350 e. The molecule has 5 heteroatoms. The third kappa shape index (κ3) is 3.21. The molecule has 0 saturated carbocycles. The van der Waals surface area contributed by atoms with Gasteiger partial charge in [0, 0.05) is 34.9 Å². The van der Waals surface area contributed by atoms with Gasteiger partial charge in [0.2, 0.25) is 0 Å². The van der Waals surface area contributed by atoms with Gasteiger partial charge in [-0.25, -0.2) is 4.39 Å². The summed E-state index contributed by atoms with van der Waals surface area (Å²) >= 11 is 6.09. The number of aryl methyl sites for hydroxylation is 2. The number of benzene rings is 2. The van der Waals surface area contributed by atoms with E-state index in [1.807, 2.05) is 50.6 Å². The molecule has 1 heterocycles. The lowest BCUT2D eigenvalue weighted by atomic mass is 9.84. The molecule has 1 N–H and O–H groups in total. The van der Waals surface area contributed by atoms with Gasteiger partial charge in [-0.2, -0.15) is 0 Å². The van der Waals surface area contributed by atoms with Crippen LogP contribution in [0.15, 0.2) is 42.5 Å². The van der Waals surface area contributed by atoms with Crippen LogP contribution in [0, 0.1) is 12.7 Å². The Labute approximate surface area is 157 Å². The molecule has 0 radical (unpaired) electrons. The number of carbonyl (C=O) groups is 1. The topological polar surface area (TPSA) is 34.0 Å². The minimum absolute atomic E-state index is 0.179. The highest BCUT2D eigenvalue weighted by Crippen LogP contribution is 2.28. The van der Waals surface area contributed by atoms with Crippen molar-refractivity contribution in [1.82, 2.24) is 9.88 Å². The molecule has 0 fully saturated rings. The van der Waals surface area contributed by atoms with Crippen molar-refractivity contribution >= 4 is 28.4 Å². The maximum atomic E-state index is 14.1. The predicted octanol–water partition coefficient (Wildman–Crippen LogP) is 4.99. The van der Waals surface area contributed by atoms with Crippen molar-refractivity contribution in [1.29, 1.82) is 0 Å². The first-order valence-corrected chi connectivity index (χ1v) is 8.88. The van der Waals surface area contributed by atoms with E-state index >= 15 is 0 Å². The van der Waals surface area contributed by atoms with Crippen molar-refractivity contribution in [2.24, 2.45) is 7.05 Å². The van der Waals surface area contributed by atoms with Crippen LogP contribution in [0.4, 0.5) is 4.39 Å². The third-order valence-electron chi connectivity index (χ3n) is 4.92. The normalized spacial score (nSPS) is 11.8. The predicted molar refractivity (Wildman–Crippen MR) is 104 cm³/mol. The van der Waals surface area contributed by atoms with Gasteiger partial charge in [0.15, 0.2) is 0 Å². The van der Waals surface area contributed by atoms with Gasteiger partial charge in [-0.3, -0.25) is 4.79 Å². The van der Waals surface area contributed by atoms with Gasteiger partial charge >= 0.3 is 0 Å². The molecule has 3 nitrogen and oxygen atoms in total. The molecular weight excluding hydrogens is 351 g/mol. The zero-order valence-electron chi connectivity index (χ0n) is 15.4. The van der Waals surface area contributed by atoms with Crippen LogP contribution in [0.2, 0.25) is 5.02 Å². The number of nitrogens with one attached hydrogen (secondary N) is 1. The largest absolute Gasteiger partial charge is 0.350 e. The quantitative estimate of drug-likeness (QED) is 0.688. The lowest BCUT2D eigenvalue weighted by Gasteiger charge is -2.26. The van der Waals surface area contributed by atoms with Gasteiger partial charge in [-0.15, -0.1) is 0 Å². The molecule has 0 aliphatic heterocycles. The van der Waals surface area contributed by atoms with E-state index in [-0.39, 0.29) is 11.7 Å². The Morgan fingerprint density at radius 2 is 1.92 bits per heavy atom. The standard InChI is InChI=1S/C21H22ClFN2O/c1-13-15-11-14(22)9-10-18(15)25(4)19(13)20(26)24-12-21(2,3)16-7-5-6-8-17(16)23/h5-11H,12H2,1-4H3,(H,24,26). The number of fused-ring (bicyclic) bond motifs is 1. The summed E-state index contributed by atoms with van der Waals surface area (Å²) in [6.45, 7) is 6.07. The average molecular weight is 373 g/mol.